The van der Waals surface area contributed by atoms with Crippen molar-refractivity contribution in [1.29, 1.82) is 0 Å². The Morgan fingerprint density at radius 2 is 2.30 bits per heavy atom. The second-order valence-corrected chi connectivity index (χ2v) is 4.35. The zero-order chi connectivity index (χ0) is 14.5. The number of nitrogens with one attached hydrogen (secondary N) is 2. The second-order valence-electron chi connectivity index (χ2n) is 3.96. The number of aromatic nitrogens is 2. The van der Waals surface area contributed by atoms with Crippen LogP contribution in [0.1, 0.15) is 28.9 Å². The predicted octanol–water partition coefficient (Wildman–Crippen LogP) is 1.50. The number of nitrogens with two attached hydrogens (primary N) is 1. The van der Waals surface area contributed by atoms with Crippen molar-refractivity contribution in [1.82, 2.24) is 15.3 Å². The molecule has 0 aliphatic rings. The molecule has 0 radical (unpaired) electrons. The van der Waals surface area contributed by atoms with Gasteiger partial charge >= 0.3 is 0 Å². The third kappa shape index (κ3) is 3.46. The summed E-state index contributed by atoms with van der Waals surface area (Å²) in [5, 5.41) is 2.86. The molecule has 0 aromatic carbocycles. The van der Waals surface area contributed by atoms with Gasteiger partial charge < -0.3 is 15.2 Å². The summed E-state index contributed by atoms with van der Waals surface area (Å²) in [6.45, 7) is 2.16. The molecule has 0 saturated heterocycles. The molecule has 0 unspecified atom stereocenters. The number of oxazole rings is 1. The molecule has 7 nitrogen and oxygen atoms in total. The molecule has 1 amide bonds. The summed E-state index contributed by atoms with van der Waals surface area (Å²) in [6.07, 6.45) is 2.40. The third-order valence-corrected chi connectivity index (χ3v) is 2.75. The molecule has 0 aliphatic heterocycles. The molecule has 0 fully saturated rings. The molecule has 4 N–H and O–H groups in total. The van der Waals surface area contributed by atoms with Crippen LogP contribution in [0.2, 0.25) is 5.15 Å². The average molecular weight is 296 g/mol. The molecule has 0 atom stereocenters. The van der Waals surface area contributed by atoms with Gasteiger partial charge in [0, 0.05) is 12.0 Å². The topological polar surface area (TPSA) is 106 Å². The zero-order valence-corrected chi connectivity index (χ0v) is 11.6. The molecule has 2 aromatic rings. The van der Waals surface area contributed by atoms with Crippen molar-refractivity contribution in [3.05, 3.63) is 40.7 Å². The number of hydrogen-bond donors (Lipinski definition) is 3. The van der Waals surface area contributed by atoms with Crippen LogP contribution < -0.4 is 16.6 Å². The normalized spacial score (nSPS) is 10.3. The summed E-state index contributed by atoms with van der Waals surface area (Å²) in [7, 11) is 0. The van der Waals surface area contributed by atoms with Gasteiger partial charge in [-0.1, -0.05) is 18.5 Å². The third-order valence-electron chi connectivity index (χ3n) is 2.55. The van der Waals surface area contributed by atoms with Crippen LogP contribution in [0.25, 0.3) is 0 Å². The van der Waals surface area contributed by atoms with Gasteiger partial charge in [0.1, 0.15) is 16.7 Å². The number of halogens is 1. The molecule has 0 aliphatic carbocycles. The van der Waals surface area contributed by atoms with E-state index in [-0.39, 0.29) is 17.6 Å². The number of pyridine rings is 1. The summed E-state index contributed by atoms with van der Waals surface area (Å²) in [5.74, 6) is 6.46. The standard InChI is InChI=1S/C12H14ClN5O2/c1-2-8-5-15-11(20-8)6-16-12(19)7-3-9(13)17-10(4-7)18-14/h3-5H,2,6,14H2,1H3,(H,16,19)(H,17,18). The SMILES string of the molecule is CCc1cnc(CNC(=O)c2cc(Cl)nc(NN)c2)o1. The number of nitrogen functional groups attached to an aromatic ring is 1. The molecular weight excluding hydrogens is 282 g/mol. The van der Waals surface area contributed by atoms with Crippen molar-refractivity contribution in [2.45, 2.75) is 19.9 Å². The molecule has 8 heteroatoms. The number of hydrogen-bond acceptors (Lipinski definition) is 6. The van der Waals surface area contributed by atoms with E-state index in [4.69, 9.17) is 21.9 Å². The van der Waals surface area contributed by atoms with Gasteiger partial charge in [-0.2, -0.15) is 0 Å². The first-order valence-electron chi connectivity index (χ1n) is 5.98. The highest BCUT2D eigenvalue weighted by Crippen LogP contribution is 2.14. The first-order chi connectivity index (χ1) is 9.62. The van der Waals surface area contributed by atoms with E-state index in [0.717, 1.165) is 12.2 Å². The maximum atomic E-state index is 12.0. The van der Waals surface area contributed by atoms with Gasteiger partial charge in [-0.15, -0.1) is 0 Å². The lowest BCUT2D eigenvalue weighted by Crippen LogP contribution is -2.23. The lowest BCUT2D eigenvalue weighted by atomic mass is 10.2. The average Bonchev–Trinajstić information content (AvgIpc) is 2.92. The van der Waals surface area contributed by atoms with E-state index in [9.17, 15) is 4.79 Å². The molecule has 2 heterocycles. The van der Waals surface area contributed by atoms with Gasteiger partial charge in [0.15, 0.2) is 0 Å². The number of anilines is 1. The van der Waals surface area contributed by atoms with E-state index < -0.39 is 0 Å². The fourth-order valence-electron chi connectivity index (χ4n) is 1.55. The van der Waals surface area contributed by atoms with Crippen LogP contribution in [0.15, 0.2) is 22.7 Å². The largest absolute Gasteiger partial charge is 0.444 e. The van der Waals surface area contributed by atoms with Gasteiger partial charge in [-0.3, -0.25) is 4.79 Å². The Kier molecular flexibility index (Phi) is 4.54. The predicted molar refractivity (Wildman–Crippen MR) is 74.1 cm³/mol. The molecule has 106 valence electrons. The second kappa shape index (κ2) is 6.36. The zero-order valence-electron chi connectivity index (χ0n) is 10.8. The number of carbonyl (C=O) groups excluding carboxylic acids is 1. The smallest absolute Gasteiger partial charge is 0.251 e. The Labute approximate surface area is 120 Å². The number of carbonyl (C=O) groups is 1. The van der Waals surface area contributed by atoms with E-state index in [2.05, 4.69) is 20.7 Å². The highest BCUT2D eigenvalue weighted by Gasteiger charge is 2.10. The van der Waals surface area contributed by atoms with Crippen molar-refractivity contribution in [3.63, 3.8) is 0 Å². The highest BCUT2D eigenvalue weighted by atomic mass is 35.5. The van der Waals surface area contributed by atoms with Gasteiger partial charge in [-0.05, 0) is 12.1 Å². The van der Waals surface area contributed by atoms with Gasteiger partial charge in [0.05, 0.1) is 12.7 Å². The monoisotopic (exact) mass is 295 g/mol. The van der Waals surface area contributed by atoms with Crippen molar-refractivity contribution in [2.24, 2.45) is 5.84 Å². The van der Waals surface area contributed by atoms with Crippen molar-refractivity contribution in [3.8, 4) is 0 Å². The van der Waals surface area contributed by atoms with Gasteiger partial charge in [0.2, 0.25) is 5.89 Å². The fourth-order valence-corrected chi connectivity index (χ4v) is 1.76. The molecule has 20 heavy (non-hydrogen) atoms. The van der Waals surface area contributed by atoms with Crippen LogP contribution in [0, 0.1) is 0 Å². The molecular formula is C12H14ClN5O2. The van der Waals surface area contributed by atoms with Crippen molar-refractivity contribution in [2.75, 3.05) is 5.43 Å². The number of aryl methyl sites for hydroxylation is 1. The molecule has 0 spiro atoms. The quantitative estimate of drug-likeness (QED) is 0.438. The summed E-state index contributed by atoms with van der Waals surface area (Å²) >= 11 is 5.79. The summed E-state index contributed by atoms with van der Waals surface area (Å²) in [5.41, 5.74) is 2.69. The maximum absolute atomic E-state index is 12.0. The van der Waals surface area contributed by atoms with E-state index in [1.165, 1.54) is 12.1 Å². The Balaban J connectivity index is 2.02. The van der Waals surface area contributed by atoms with Gasteiger partial charge in [0.25, 0.3) is 5.91 Å². The Hall–Kier alpha value is -2.12. The van der Waals surface area contributed by atoms with Crippen molar-refractivity contribution >= 4 is 23.3 Å². The highest BCUT2D eigenvalue weighted by molar-refractivity contribution is 6.29. The lowest BCUT2D eigenvalue weighted by molar-refractivity contribution is 0.0947. The summed E-state index contributed by atoms with van der Waals surface area (Å²) in [4.78, 5) is 19.9. The number of rotatable bonds is 5. The van der Waals surface area contributed by atoms with E-state index in [1.54, 1.807) is 6.20 Å². The van der Waals surface area contributed by atoms with E-state index >= 15 is 0 Å². The summed E-state index contributed by atoms with van der Waals surface area (Å²) in [6, 6.07) is 2.94. The number of hydrazine groups is 1. The molecule has 2 aromatic heterocycles. The van der Waals surface area contributed by atoms with Gasteiger partial charge in [-0.25, -0.2) is 15.8 Å². The first kappa shape index (κ1) is 14.3. The fraction of sp³-hybridized carbons (Fsp3) is 0.250. The van der Waals surface area contributed by atoms with E-state index in [0.29, 0.717) is 17.3 Å². The molecule has 2 rings (SSSR count). The van der Waals surface area contributed by atoms with E-state index in [1.807, 2.05) is 6.92 Å². The Bertz CT molecular complexity index is 614. The lowest BCUT2D eigenvalue weighted by Gasteiger charge is -2.05. The van der Waals surface area contributed by atoms with Crippen LogP contribution in [-0.2, 0) is 13.0 Å². The first-order valence-corrected chi connectivity index (χ1v) is 6.36. The van der Waals surface area contributed by atoms with Crippen LogP contribution in [0.4, 0.5) is 5.82 Å². The molecule has 0 saturated carbocycles. The minimum absolute atomic E-state index is 0.176. The minimum Gasteiger partial charge on any atom is -0.444 e. The van der Waals surface area contributed by atoms with Crippen LogP contribution >= 0.6 is 11.6 Å². The van der Waals surface area contributed by atoms with Crippen molar-refractivity contribution < 1.29 is 9.21 Å². The maximum Gasteiger partial charge on any atom is 0.251 e. The van der Waals surface area contributed by atoms with Crippen LogP contribution in [-0.4, -0.2) is 15.9 Å². The minimum atomic E-state index is -0.318. The number of nitrogens with zero attached hydrogens (tertiary/aromatic N) is 2. The Morgan fingerprint density at radius 3 is 2.95 bits per heavy atom. The number of amides is 1. The molecule has 0 bridgehead atoms. The van der Waals surface area contributed by atoms with Crippen LogP contribution in [0.3, 0.4) is 0 Å². The van der Waals surface area contributed by atoms with Crippen LogP contribution in [0.5, 0.6) is 0 Å². The summed E-state index contributed by atoms with van der Waals surface area (Å²) < 4.78 is 5.39. The Morgan fingerprint density at radius 1 is 1.50 bits per heavy atom.